The lowest BCUT2D eigenvalue weighted by atomic mass is 10.1. The van der Waals surface area contributed by atoms with Crippen LogP contribution in [0.3, 0.4) is 0 Å². The van der Waals surface area contributed by atoms with Crippen molar-refractivity contribution < 1.29 is 14.3 Å². The molecule has 1 fully saturated rings. The molecule has 0 radical (unpaired) electrons. The molecule has 1 aromatic carbocycles. The molecule has 4 rings (SSSR count). The monoisotopic (exact) mass is 480 g/mol. The number of aromatic nitrogens is 3. The number of esters is 1. The average molecular weight is 481 g/mol. The maximum Gasteiger partial charge on any atom is 0.350 e. The van der Waals surface area contributed by atoms with Crippen LogP contribution in [0.25, 0.3) is 0 Å². The lowest BCUT2D eigenvalue weighted by Crippen LogP contribution is -2.47. The van der Waals surface area contributed by atoms with E-state index in [2.05, 4.69) is 30.1 Å². The van der Waals surface area contributed by atoms with Gasteiger partial charge in [-0.15, -0.1) is 0 Å². The summed E-state index contributed by atoms with van der Waals surface area (Å²) in [6.07, 6.45) is 2.02. The van der Waals surface area contributed by atoms with Crippen molar-refractivity contribution in [1.29, 1.82) is 0 Å². The third-order valence-corrected chi connectivity index (χ3v) is 6.38. The average Bonchev–Trinajstić information content (AvgIpc) is 3.32. The quantitative estimate of drug-likeness (QED) is 0.364. The standard InChI is InChI=1S/C24H28N6O3S/c1-3-33-23(32)20-16-25-24(34-20)28-21-15-22(27-17(2)26-21)30-13-11-29(12-14-30)10-9-19(31)18-7-5-4-6-8-18/h4-8,15-16H,3,9-14H2,1-2H3,(H,25,26,27,28). The molecule has 178 valence electrons. The van der Waals surface area contributed by atoms with Crippen LogP contribution in [0.1, 0.15) is 39.2 Å². The number of ether oxygens (including phenoxy) is 1. The summed E-state index contributed by atoms with van der Waals surface area (Å²) in [5.41, 5.74) is 0.771. The van der Waals surface area contributed by atoms with E-state index in [1.165, 1.54) is 17.5 Å². The Morgan fingerprint density at radius 1 is 1.12 bits per heavy atom. The van der Waals surface area contributed by atoms with Crippen molar-refractivity contribution in [2.75, 3.05) is 49.5 Å². The van der Waals surface area contributed by atoms with Gasteiger partial charge in [-0.1, -0.05) is 41.7 Å². The van der Waals surface area contributed by atoms with Crippen LogP contribution >= 0.6 is 11.3 Å². The molecule has 2 aromatic heterocycles. The van der Waals surface area contributed by atoms with Crippen LogP contribution in [0.15, 0.2) is 42.6 Å². The van der Waals surface area contributed by atoms with Gasteiger partial charge in [0, 0.05) is 50.8 Å². The van der Waals surface area contributed by atoms with Gasteiger partial charge >= 0.3 is 5.97 Å². The van der Waals surface area contributed by atoms with Gasteiger partial charge in [0.25, 0.3) is 0 Å². The number of hydrogen-bond donors (Lipinski definition) is 1. The summed E-state index contributed by atoms with van der Waals surface area (Å²) in [5.74, 6) is 1.92. The minimum atomic E-state index is -0.379. The van der Waals surface area contributed by atoms with Crippen LogP contribution in [0.5, 0.6) is 0 Å². The number of nitrogens with zero attached hydrogens (tertiary/aromatic N) is 5. The number of thiazole rings is 1. The van der Waals surface area contributed by atoms with E-state index in [1.54, 1.807) is 6.92 Å². The summed E-state index contributed by atoms with van der Waals surface area (Å²) < 4.78 is 5.02. The molecule has 0 aliphatic carbocycles. The first-order valence-electron chi connectivity index (χ1n) is 11.3. The molecule has 1 aliphatic rings. The Labute approximate surface area is 202 Å². The first kappa shape index (κ1) is 23.8. The molecular formula is C24H28N6O3S. The predicted octanol–water partition coefficient (Wildman–Crippen LogP) is 3.56. The second kappa shape index (κ2) is 11.2. The van der Waals surface area contributed by atoms with Gasteiger partial charge in [0.2, 0.25) is 0 Å². The predicted molar refractivity (Wildman–Crippen MR) is 132 cm³/mol. The molecule has 0 atom stereocenters. The number of hydrogen-bond acceptors (Lipinski definition) is 10. The van der Waals surface area contributed by atoms with Crippen molar-refractivity contribution in [1.82, 2.24) is 19.9 Å². The van der Waals surface area contributed by atoms with Gasteiger partial charge in [-0.3, -0.25) is 9.69 Å². The van der Waals surface area contributed by atoms with Gasteiger partial charge in [0.1, 0.15) is 22.3 Å². The number of benzene rings is 1. The lowest BCUT2D eigenvalue weighted by Gasteiger charge is -2.35. The van der Waals surface area contributed by atoms with Gasteiger partial charge < -0.3 is 15.0 Å². The molecular weight excluding hydrogens is 452 g/mol. The normalized spacial score (nSPS) is 14.1. The Balaban J connectivity index is 1.32. The van der Waals surface area contributed by atoms with Crippen molar-refractivity contribution in [3.05, 3.63) is 58.9 Å². The maximum atomic E-state index is 12.4. The minimum absolute atomic E-state index is 0.179. The summed E-state index contributed by atoms with van der Waals surface area (Å²) in [7, 11) is 0. The summed E-state index contributed by atoms with van der Waals surface area (Å²) in [6.45, 7) is 8.07. The molecule has 0 saturated carbocycles. The van der Waals surface area contributed by atoms with E-state index in [4.69, 9.17) is 4.74 Å². The third-order valence-electron chi connectivity index (χ3n) is 5.49. The van der Waals surface area contributed by atoms with E-state index in [0.717, 1.165) is 44.1 Å². The van der Waals surface area contributed by atoms with Crippen molar-refractivity contribution in [3.8, 4) is 0 Å². The molecule has 1 saturated heterocycles. The minimum Gasteiger partial charge on any atom is -0.462 e. The van der Waals surface area contributed by atoms with Gasteiger partial charge in [-0.25, -0.2) is 19.7 Å². The lowest BCUT2D eigenvalue weighted by molar-refractivity contribution is 0.0531. The number of ketones is 1. The Morgan fingerprint density at radius 2 is 1.88 bits per heavy atom. The zero-order valence-corrected chi connectivity index (χ0v) is 20.2. The first-order chi connectivity index (χ1) is 16.5. The van der Waals surface area contributed by atoms with Gasteiger partial charge in [0.15, 0.2) is 10.9 Å². The smallest absolute Gasteiger partial charge is 0.350 e. The highest BCUT2D eigenvalue weighted by Crippen LogP contribution is 2.25. The highest BCUT2D eigenvalue weighted by molar-refractivity contribution is 7.17. The van der Waals surface area contributed by atoms with Crippen LogP contribution < -0.4 is 10.2 Å². The largest absolute Gasteiger partial charge is 0.462 e. The van der Waals surface area contributed by atoms with Gasteiger partial charge in [-0.05, 0) is 13.8 Å². The van der Waals surface area contributed by atoms with Crippen molar-refractivity contribution in [2.45, 2.75) is 20.3 Å². The SMILES string of the molecule is CCOC(=O)c1cnc(Nc2cc(N3CCN(CCC(=O)c4ccccc4)CC3)nc(C)n2)s1. The number of Topliss-reactive ketones (excluding diaryl/α,β-unsaturated/α-hetero) is 1. The topological polar surface area (TPSA) is 101 Å². The fraction of sp³-hybridized carbons (Fsp3) is 0.375. The second-order valence-electron chi connectivity index (χ2n) is 7.90. The molecule has 0 spiro atoms. The van der Waals surface area contributed by atoms with Crippen LogP contribution in [0, 0.1) is 6.92 Å². The van der Waals surface area contributed by atoms with Crippen LogP contribution in [-0.4, -0.2) is 70.9 Å². The molecule has 3 heterocycles. The highest BCUT2D eigenvalue weighted by atomic mass is 32.1. The number of aryl methyl sites for hydroxylation is 1. The summed E-state index contributed by atoms with van der Waals surface area (Å²) in [6, 6.07) is 11.3. The summed E-state index contributed by atoms with van der Waals surface area (Å²) in [4.78, 5) is 42.6. The molecule has 10 heteroatoms. The van der Waals surface area contributed by atoms with Gasteiger partial charge in [-0.2, -0.15) is 0 Å². The maximum absolute atomic E-state index is 12.4. The molecule has 0 unspecified atom stereocenters. The molecule has 1 aliphatic heterocycles. The molecule has 1 N–H and O–H groups in total. The molecule has 9 nitrogen and oxygen atoms in total. The van der Waals surface area contributed by atoms with E-state index < -0.39 is 0 Å². The number of rotatable bonds is 9. The number of carbonyl (C=O) groups is 2. The molecule has 34 heavy (non-hydrogen) atoms. The molecule has 0 bridgehead atoms. The van der Waals surface area contributed by atoms with E-state index in [9.17, 15) is 9.59 Å². The molecule has 0 amide bonds. The third kappa shape index (κ3) is 6.15. The fourth-order valence-corrected chi connectivity index (χ4v) is 4.46. The number of carbonyl (C=O) groups excluding carboxylic acids is 2. The Morgan fingerprint density at radius 3 is 2.62 bits per heavy atom. The number of anilines is 3. The highest BCUT2D eigenvalue weighted by Gasteiger charge is 2.20. The van der Waals surface area contributed by atoms with Crippen LogP contribution in [0.2, 0.25) is 0 Å². The zero-order valence-electron chi connectivity index (χ0n) is 19.4. The van der Waals surface area contributed by atoms with Crippen LogP contribution in [-0.2, 0) is 4.74 Å². The summed E-state index contributed by atoms with van der Waals surface area (Å²) >= 11 is 1.22. The van der Waals surface area contributed by atoms with Crippen molar-refractivity contribution in [2.24, 2.45) is 0 Å². The second-order valence-corrected chi connectivity index (χ2v) is 8.93. The Bertz CT molecular complexity index is 1130. The fourth-order valence-electron chi connectivity index (χ4n) is 3.74. The first-order valence-corrected chi connectivity index (χ1v) is 12.1. The van der Waals surface area contributed by atoms with Crippen LogP contribution in [0.4, 0.5) is 16.8 Å². The van der Waals surface area contributed by atoms with Crippen molar-refractivity contribution >= 4 is 39.9 Å². The van der Waals surface area contributed by atoms with Gasteiger partial charge in [0.05, 0.1) is 12.8 Å². The zero-order chi connectivity index (χ0) is 23.9. The van der Waals surface area contributed by atoms with E-state index in [0.29, 0.717) is 34.7 Å². The van der Waals surface area contributed by atoms with E-state index in [1.807, 2.05) is 43.3 Å². The Kier molecular flexibility index (Phi) is 7.81. The summed E-state index contributed by atoms with van der Waals surface area (Å²) in [5, 5.41) is 3.74. The molecule has 3 aromatic rings. The van der Waals surface area contributed by atoms with Crippen molar-refractivity contribution in [3.63, 3.8) is 0 Å². The van der Waals surface area contributed by atoms with E-state index >= 15 is 0 Å². The number of piperazine rings is 1. The number of nitrogens with one attached hydrogen (secondary N) is 1. The Hall–Kier alpha value is -3.37. The van der Waals surface area contributed by atoms with E-state index in [-0.39, 0.29) is 11.8 Å².